The van der Waals surface area contributed by atoms with Gasteiger partial charge in [-0.1, -0.05) is 35.5 Å². The maximum absolute atomic E-state index is 6.50. The Hall–Kier alpha value is 0.982. The van der Waals surface area contributed by atoms with Gasteiger partial charge >= 0.3 is 35.0 Å². The molecule has 4 N–H and O–H groups in total. The Balaban J connectivity index is 0.000000673. The summed E-state index contributed by atoms with van der Waals surface area (Å²) in [5.74, 6) is 0. The normalized spacial score (nSPS) is 27.9. The second-order valence-electron chi connectivity index (χ2n) is 15.9. The minimum absolute atomic E-state index is 0.106. The van der Waals surface area contributed by atoms with Crippen LogP contribution >= 0.6 is 34.9 Å². The summed E-state index contributed by atoms with van der Waals surface area (Å²) in [7, 11) is 8.22. The molecular formula is C32H62Cl2N2P2Pd+2. The first kappa shape index (κ1) is 40.0. The molecule has 2 aliphatic carbocycles. The minimum atomic E-state index is -0.703. The van der Waals surface area contributed by atoms with Crippen molar-refractivity contribution in [3.8, 4) is 0 Å². The van der Waals surface area contributed by atoms with E-state index in [4.69, 9.17) is 30.5 Å². The standard InChI is InChI=1S/2C16H30NP.2ClH.Pd/c2*1-12-9-10-16(8,13(17)11-12)18(14(2,3)4)15(5,6)7;;;/h2*9-11,13H,17H2,1-8H3;2*1H;/q;;;;+2. The number of allylic oxidation sites excluding steroid dienone is 4. The van der Waals surface area contributed by atoms with E-state index >= 15 is 0 Å². The van der Waals surface area contributed by atoms with Crippen LogP contribution in [-0.2, 0) is 15.9 Å². The van der Waals surface area contributed by atoms with E-state index in [-0.39, 0.29) is 38.3 Å². The molecule has 0 radical (unpaired) electrons. The van der Waals surface area contributed by atoms with E-state index in [1.807, 2.05) is 0 Å². The third-order valence-electron chi connectivity index (χ3n) is 7.73. The molecule has 0 spiro atoms. The van der Waals surface area contributed by atoms with E-state index in [9.17, 15) is 0 Å². The molecule has 0 saturated carbocycles. The molecule has 4 atom stereocenters. The van der Waals surface area contributed by atoms with E-state index < -0.39 is 15.8 Å². The number of hydrogen-bond donors (Lipinski definition) is 2. The summed E-state index contributed by atoms with van der Waals surface area (Å²) >= 11 is -0.106. The van der Waals surface area contributed by atoms with Crippen LogP contribution < -0.4 is 11.5 Å². The van der Waals surface area contributed by atoms with Crippen LogP contribution in [0, 0.1) is 0 Å². The van der Waals surface area contributed by atoms with Gasteiger partial charge in [0.2, 0.25) is 0 Å². The molecule has 0 aromatic rings. The van der Waals surface area contributed by atoms with Crippen LogP contribution in [-0.4, -0.2) is 43.0 Å². The Bertz CT molecular complexity index is 814. The second kappa shape index (κ2) is 14.6. The van der Waals surface area contributed by atoms with E-state index in [0.29, 0.717) is 20.6 Å². The number of nitrogens with two attached hydrogens (primary N) is 2. The van der Waals surface area contributed by atoms with Crippen molar-refractivity contribution < 1.29 is 15.9 Å². The molecule has 232 valence electrons. The molecule has 0 aliphatic heterocycles. The van der Waals surface area contributed by atoms with E-state index in [0.717, 1.165) is 0 Å². The molecule has 4 unspecified atom stereocenters. The van der Waals surface area contributed by atoms with Crippen LogP contribution in [0.15, 0.2) is 47.6 Å². The van der Waals surface area contributed by atoms with Gasteiger partial charge in [0.25, 0.3) is 0 Å². The summed E-state index contributed by atoms with van der Waals surface area (Å²) in [6.45, 7) is 37.5. The summed E-state index contributed by atoms with van der Waals surface area (Å²) < 4.78 is 0. The Morgan fingerprint density at radius 3 is 0.974 bits per heavy atom. The first-order valence-corrected chi connectivity index (χ1v) is 21.1. The van der Waals surface area contributed by atoms with Gasteiger partial charge < -0.3 is 11.5 Å². The fourth-order valence-corrected chi connectivity index (χ4v) is 20.1. The fraction of sp³-hybridized carbons (Fsp3) is 0.750. The monoisotopic (exact) mass is 712 g/mol. The van der Waals surface area contributed by atoms with Crippen molar-refractivity contribution in [3.05, 3.63) is 47.6 Å². The summed E-state index contributed by atoms with van der Waals surface area (Å²) in [6.07, 6.45) is 13.8. The molecule has 2 rings (SSSR count). The van der Waals surface area contributed by atoms with Gasteiger partial charge in [0.1, 0.15) is 10.3 Å². The van der Waals surface area contributed by atoms with Crippen LogP contribution in [0.3, 0.4) is 0 Å². The average molecular weight is 714 g/mol. The Morgan fingerprint density at radius 2 is 0.821 bits per heavy atom. The molecule has 0 aromatic heterocycles. The van der Waals surface area contributed by atoms with E-state index in [2.05, 4.69) is 147 Å². The topological polar surface area (TPSA) is 52.0 Å². The summed E-state index contributed by atoms with van der Waals surface area (Å²) in [5, 5.41) is 1.58. The average Bonchev–Trinajstić information content (AvgIpc) is 2.65. The first-order chi connectivity index (χ1) is 17.2. The van der Waals surface area contributed by atoms with Gasteiger partial charge in [-0.25, -0.2) is 0 Å². The molecule has 39 heavy (non-hydrogen) atoms. The maximum atomic E-state index is 6.50. The molecule has 0 bridgehead atoms. The van der Waals surface area contributed by atoms with Crippen LogP contribution in [0.2, 0.25) is 0 Å². The van der Waals surface area contributed by atoms with Gasteiger partial charge in [-0.2, -0.15) is 0 Å². The van der Waals surface area contributed by atoms with E-state index in [1.165, 1.54) is 11.1 Å². The predicted octanol–water partition coefficient (Wildman–Crippen LogP) is 10.2. The third-order valence-corrected chi connectivity index (χ3v) is 16.9. The quantitative estimate of drug-likeness (QED) is 0.221. The van der Waals surface area contributed by atoms with Gasteiger partial charge in [-0.3, -0.25) is 0 Å². The molecular weight excluding hydrogens is 652 g/mol. The van der Waals surface area contributed by atoms with Crippen LogP contribution in [0.4, 0.5) is 0 Å². The zero-order chi connectivity index (χ0) is 31.4. The SMILES string of the molecule is CC1=CC(N)C(C)([PH+](C(C)(C)C)C(C)(C)C)C=C1.CC1=CC(N)C(C)([PH+](C(C)(C)C)C(C)(C)C)C=C1.[Cl][Pd][Cl]. The summed E-state index contributed by atoms with van der Waals surface area (Å²) in [5.41, 5.74) is 15.6. The molecule has 0 saturated heterocycles. The Morgan fingerprint density at radius 1 is 0.615 bits per heavy atom. The molecule has 0 fully saturated rings. The number of rotatable bonds is 2. The third kappa shape index (κ3) is 11.2. The molecule has 0 heterocycles. The number of hydrogen-bond acceptors (Lipinski definition) is 2. The van der Waals surface area contributed by atoms with Gasteiger partial charge in [0, 0.05) is 15.8 Å². The first-order valence-electron chi connectivity index (χ1n) is 14.0. The molecule has 2 nitrogen and oxygen atoms in total. The van der Waals surface area contributed by atoms with Crippen molar-refractivity contribution >= 4 is 34.9 Å². The molecule has 2 aliphatic rings. The van der Waals surface area contributed by atoms with Crippen molar-refractivity contribution in [3.63, 3.8) is 0 Å². The van der Waals surface area contributed by atoms with Crippen LogP contribution in [0.25, 0.3) is 0 Å². The van der Waals surface area contributed by atoms with Crippen LogP contribution in [0.5, 0.6) is 0 Å². The number of halogens is 2. The van der Waals surface area contributed by atoms with Crippen molar-refractivity contribution in [1.82, 2.24) is 0 Å². The Labute approximate surface area is 262 Å². The van der Waals surface area contributed by atoms with Gasteiger partial charge in [-0.15, -0.1) is 0 Å². The van der Waals surface area contributed by atoms with Gasteiger partial charge in [0.05, 0.1) is 32.7 Å². The Kier molecular flexibility index (Phi) is 15.0. The van der Waals surface area contributed by atoms with Crippen molar-refractivity contribution in [1.29, 1.82) is 0 Å². The summed E-state index contributed by atoms with van der Waals surface area (Å²) in [6, 6.07) is 0.296. The fourth-order valence-electron chi connectivity index (χ4n) is 7.84. The predicted molar refractivity (Wildman–Crippen MR) is 186 cm³/mol. The van der Waals surface area contributed by atoms with E-state index in [1.54, 1.807) is 0 Å². The van der Waals surface area contributed by atoms with Crippen molar-refractivity contribution in [2.45, 2.75) is 154 Å². The second-order valence-corrected chi connectivity index (χ2v) is 27.9. The zero-order valence-electron chi connectivity index (χ0n) is 27.8. The molecule has 0 aromatic carbocycles. The van der Waals surface area contributed by atoms with Gasteiger partial charge in [0.15, 0.2) is 0 Å². The van der Waals surface area contributed by atoms with Gasteiger partial charge in [-0.05, 0) is 123 Å². The van der Waals surface area contributed by atoms with Crippen LogP contribution in [0.1, 0.15) is 111 Å². The van der Waals surface area contributed by atoms with Crippen molar-refractivity contribution in [2.24, 2.45) is 11.5 Å². The molecule has 7 heteroatoms. The van der Waals surface area contributed by atoms with Crippen molar-refractivity contribution in [2.75, 3.05) is 0 Å². The zero-order valence-corrected chi connectivity index (χ0v) is 32.9. The summed E-state index contributed by atoms with van der Waals surface area (Å²) in [4.78, 5) is 0. The molecule has 0 amide bonds.